The number of carbonyl (C=O) groups is 3. The van der Waals surface area contributed by atoms with Crippen molar-refractivity contribution in [3.63, 3.8) is 0 Å². The second-order valence-electron chi connectivity index (χ2n) is 17.7. The molecule has 1 atom stereocenters. The third-order valence-electron chi connectivity index (χ3n) is 11.0. The Labute approximate surface area is 441 Å². The molecule has 0 aliphatic heterocycles. The first kappa shape index (κ1) is 66.8. The number of rotatable bonds is 48. The number of hydrogen-bond donors (Lipinski definition) is 0. The molecule has 0 spiro atoms. The van der Waals surface area contributed by atoms with Crippen molar-refractivity contribution in [2.24, 2.45) is 0 Å². The van der Waals surface area contributed by atoms with Crippen LogP contribution in [0.4, 0.5) is 0 Å². The average molecular weight is 990 g/mol. The van der Waals surface area contributed by atoms with Gasteiger partial charge in [-0.2, -0.15) is 0 Å². The fourth-order valence-electron chi connectivity index (χ4n) is 6.82. The first-order valence-corrected chi connectivity index (χ1v) is 28.1. The van der Waals surface area contributed by atoms with E-state index >= 15 is 0 Å². The molecule has 0 radical (unpaired) electrons. The van der Waals surface area contributed by atoms with Gasteiger partial charge in [0.1, 0.15) is 13.2 Å². The monoisotopic (exact) mass is 989 g/mol. The highest BCUT2D eigenvalue weighted by molar-refractivity contribution is 5.71. The van der Waals surface area contributed by atoms with Crippen LogP contribution in [0.15, 0.2) is 170 Å². The summed E-state index contributed by atoms with van der Waals surface area (Å²) in [7, 11) is 0. The smallest absolute Gasteiger partial charge is 0.306 e. The third-order valence-corrected chi connectivity index (χ3v) is 11.0. The number of esters is 3. The SMILES string of the molecule is CC/C=C\C/C=C\C/C=C\C/C=C\C/C=C\C/C=C\C/C=C\C/C=C\C/C=C\CCCCCC(=O)OCC(COC(=O)CCCCCCCC)OC(=O)CCC/C=C\C/C=C\C/C=C\C/C=C\C/C=C\CC. The molecule has 0 heterocycles. The first-order valence-electron chi connectivity index (χ1n) is 28.1. The molecule has 0 aliphatic rings. The largest absolute Gasteiger partial charge is 0.462 e. The van der Waals surface area contributed by atoms with Crippen molar-refractivity contribution >= 4 is 17.9 Å². The molecule has 0 N–H and O–H groups in total. The number of unbranched alkanes of at least 4 members (excludes halogenated alkanes) is 9. The Morgan fingerprint density at radius 3 is 0.889 bits per heavy atom. The fraction of sp³-hybridized carbons (Fsp3) is 0.530. The van der Waals surface area contributed by atoms with E-state index in [0.29, 0.717) is 19.3 Å². The zero-order valence-corrected chi connectivity index (χ0v) is 45.6. The highest BCUT2D eigenvalue weighted by Gasteiger charge is 2.19. The molecule has 0 fully saturated rings. The van der Waals surface area contributed by atoms with E-state index in [1.54, 1.807) is 0 Å². The molecule has 6 nitrogen and oxygen atoms in total. The van der Waals surface area contributed by atoms with E-state index in [9.17, 15) is 14.4 Å². The van der Waals surface area contributed by atoms with Crippen molar-refractivity contribution in [1.29, 1.82) is 0 Å². The van der Waals surface area contributed by atoms with Gasteiger partial charge >= 0.3 is 17.9 Å². The Balaban J connectivity index is 4.32. The topological polar surface area (TPSA) is 78.9 Å². The van der Waals surface area contributed by atoms with Crippen LogP contribution < -0.4 is 0 Å². The number of ether oxygens (including phenoxy) is 3. The molecule has 0 amide bonds. The van der Waals surface area contributed by atoms with Gasteiger partial charge in [-0.25, -0.2) is 0 Å². The molecule has 1 unspecified atom stereocenters. The first-order chi connectivity index (χ1) is 35.5. The van der Waals surface area contributed by atoms with E-state index in [1.165, 1.54) is 19.3 Å². The molecule has 0 rings (SSSR count). The minimum absolute atomic E-state index is 0.119. The zero-order valence-electron chi connectivity index (χ0n) is 45.6. The van der Waals surface area contributed by atoms with E-state index in [4.69, 9.17) is 14.2 Å². The summed E-state index contributed by atoms with van der Waals surface area (Å²) >= 11 is 0. The van der Waals surface area contributed by atoms with Crippen molar-refractivity contribution < 1.29 is 28.6 Å². The van der Waals surface area contributed by atoms with Crippen LogP contribution in [-0.4, -0.2) is 37.2 Å². The highest BCUT2D eigenvalue weighted by atomic mass is 16.6. The van der Waals surface area contributed by atoms with E-state index in [1.807, 2.05) is 0 Å². The molecule has 72 heavy (non-hydrogen) atoms. The third kappa shape index (κ3) is 55.7. The maximum atomic E-state index is 12.7. The Hall–Kier alpha value is -5.23. The summed E-state index contributed by atoms with van der Waals surface area (Å²) in [4.78, 5) is 37.8. The van der Waals surface area contributed by atoms with Crippen molar-refractivity contribution in [2.45, 2.75) is 213 Å². The van der Waals surface area contributed by atoms with E-state index in [2.05, 4.69) is 191 Å². The molecule has 0 aromatic carbocycles. The summed E-state index contributed by atoms with van der Waals surface area (Å²) in [5.74, 6) is -1.04. The summed E-state index contributed by atoms with van der Waals surface area (Å²) in [6.45, 7) is 6.24. The second kappa shape index (κ2) is 58.3. The highest BCUT2D eigenvalue weighted by Crippen LogP contribution is 2.11. The predicted octanol–water partition coefficient (Wildman–Crippen LogP) is 19.1. The summed E-state index contributed by atoms with van der Waals surface area (Å²) in [5.41, 5.74) is 0. The molecule has 0 bridgehead atoms. The van der Waals surface area contributed by atoms with Crippen molar-refractivity contribution in [1.82, 2.24) is 0 Å². The number of carbonyl (C=O) groups excluding carboxylic acids is 3. The van der Waals surface area contributed by atoms with Gasteiger partial charge in [-0.15, -0.1) is 0 Å². The molecule has 6 heteroatoms. The molecule has 0 saturated heterocycles. The van der Waals surface area contributed by atoms with Crippen molar-refractivity contribution in [3.8, 4) is 0 Å². The van der Waals surface area contributed by atoms with Gasteiger partial charge in [0.05, 0.1) is 0 Å². The Bertz CT molecular complexity index is 1700. The van der Waals surface area contributed by atoms with Crippen LogP contribution in [0.25, 0.3) is 0 Å². The number of allylic oxidation sites excluding steroid dienone is 28. The van der Waals surface area contributed by atoms with Crippen LogP contribution in [0.3, 0.4) is 0 Å². The van der Waals surface area contributed by atoms with Crippen LogP contribution in [0.5, 0.6) is 0 Å². The molecular formula is C66H100O6. The van der Waals surface area contributed by atoms with Crippen LogP contribution in [-0.2, 0) is 28.6 Å². The Morgan fingerprint density at radius 2 is 0.556 bits per heavy atom. The lowest BCUT2D eigenvalue weighted by Crippen LogP contribution is -2.30. The van der Waals surface area contributed by atoms with Gasteiger partial charge < -0.3 is 14.2 Å². The van der Waals surface area contributed by atoms with Gasteiger partial charge in [0.2, 0.25) is 0 Å². The predicted molar refractivity (Wildman–Crippen MR) is 311 cm³/mol. The molecule has 0 aromatic rings. The van der Waals surface area contributed by atoms with E-state index in [0.717, 1.165) is 141 Å². The van der Waals surface area contributed by atoms with Gasteiger partial charge in [0, 0.05) is 19.3 Å². The van der Waals surface area contributed by atoms with Crippen molar-refractivity contribution in [3.05, 3.63) is 170 Å². The summed E-state index contributed by atoms with van der Waals surface area (Å²) in [5, 5.41) is 0. The second-order valence-corrected chi connectivity index (χ2v) is 17.7. The standard InChI is InChI=1S/C66H100O6/c1-4-7-10-13-16-18-20-22-24-26-27-28-29-30-31-32-33-34-35-36-37-38-39-41-42-44-46-48-50-53-56-59-65(68)71-62-63(61-70-64(67)58-55-52-15-12-9-6-3)72-66(69)60-57-54-51-49-47-45-43-40-25-23-21-19-17-14-11-8-5-2/h7-8,10-11,16-19,22-25,27-28,30-31,33-34,36-37,39,41,43-46,49,51,63H,4-6,9,12-15,20-21,26,29,32,35,38,40,42,47-48,50,52-62H2,1-3H3/b10-7-,11-8-,18-16-,19-17-,24-22-,25-23-,28-27-,31-30-,34-33-,37-36-,41-39-,45-43-,46-44-,51-49-. The fourth-order valence-corrected chi connectivity index (χ4v) is 6.82. The molecule has 0 aliphatic carbocycles. The van der Waals surface area contributed by atoms with E-state index < -0.39 is 6.10 Å². The van der Waals surface area contributed by atoms with Crippen molar-refractivity contribution in [2.75, 3.05) is 13.2 Å². The van der Waals surface area contributed by atoms with Gasteiger partial charge in [-0.1, -0.05) is 229 Å². The number of hydrogen-bond acceptors (Lipinski definition) is 6. The summed E-state index contributed by atoms with van der Waals surface area (Å²) in [6.07, 6.45) is 86.7. The van der Waals surface area contributed by atoms with Gasteiger partial charge in [-0.3, -0.25) is 14.4 Å². The normalized spacial score (nSPS) is 13.4. The Kier molecular flexibility index (Phi) is 54.1. The minimum atomic E-state index is -0.827. The average Bonchev–Trinajstić information content (AvgIpc) is 3.38. The minimum Gasteiger partial charge on any atom is -0.462 e. The Morgan fingerprint density at radius 1 is 0.292 bits per heavy atom. The maximum absolute atomic E-state index is 12.7. The molecule has 400 valence electrons. The van der Waals surface area contributed by atoms with Crippen LogP contribution in [0.1, 0.15) is 207 Å². The van der Waals surface area contributed by atoms with Crippen LogP contribution >= 0.6 is 0 Å². The summed E-state index contributed by atoms with van der Waals surface area (Å²) in [6, 6.07) is 0. The lowest BCUT2D eigenvalue weighted by Gasteiger charge is -2.18. The van der Waals surface area contributed by atoms with Crippen LogP contribution in [0, 0.1) is 0 Å². The zero-order chi connectivity index (χ0) is 52.2. The van der Waals surface area contributed by atoms with Gasteiger partial charge in [0.15, 0.2) is 6.10 Å². The lowest BCUT2D eigenvalue weighted by molar-refractivity contribution is -0.167. The van der Waals surface area contributed by atoms with Gasteiger partial charge in [0.25, 0.3) is 0 Å². The van der Waals surface area contributed by atoms with E-state index in [-0.39, 0.29) is 37.5 Å². The molecular weight excluding hydrogens is 889 g/mol. The summed E-state index contributed by atoms with van der Waals surface area (Å²) < 4.78 is 16.6. The van der Waals surface area contributed by atoms with Crippen LogP contribution in [0.2, 0.25) is 0 Å². The lowest BCUT2D eigenvalue weighted by atomic mass is 10.1. The quantitative estimate of drug-likeness (QED) is 0.0262. The van der Waals surface area contributed by atoms with Gasteiger partial charge in [-0.05, 0) is 128 Å². The molecule has 0 aromatic heterocycles. The maximum Gasteiger partial charge on any atom is 0.306 e. The molecule has 0 saturated carbocycles.